The maximum atomic E-state index is 13.2. The molecule has 0 radical (unpaired) electrons. The molecule has 0 aromatic carbocycles. The molecule has 0 aliphatic rings. The van der Waals surface area contributed by atoms with Crippen molar-refractivity contribution in [2.75, 3.05) is 6.61 Å². The van der Waals surface area contributed by atoms with E-state index in [4.69, 9.17) is 4.74 Å². The van der Waals surface area contributed by atoms with E-state index in [0.717, 1.165) is 51.4 Å². The van der Waals surface area contributed by atoms with Gasteiger partial charge < -0.3 is 20.3 Å². The van der Waals surface area contributed by atoms with Crippen LogP contribution in [-0.4, -0.2) is 46.9 Å². The molecule has 3 unspecified atom stereocenters. The lowest BCUT2D eigenvalue weighted by atomic mass is 10.0. The number of aliphatic hydroxyl groups excluding tert-OH is 2. The molecular formula is C52H101NO5. The number of esters is 1. The van der Waals surface area contributed by atoms with Crippen LogP contribution in [0.3, 0.4) is 0 Å². The smallest absolute Gasteiger partial charge is 0.306 e. The molecule has 0 heterocycles. The molecule has 344 valence electrons. The van der Waals surface area contributed by atoms with E-state index in [9.17, 15) is 19.8 Å². The fourth-order valence-electron chi connectivity index (χ4n) is 8.12. The highest BCUT2D eigenvalue weighted by Crippen LogP contribution is 2.18. The van der Waals surface area contributed by atoms with Crippen LogP contribution in [0.1, 0.15) is 284 Å². The van der Waals surface area contributed by atoms with Gasteiger partial charge in [0.1, 0.15) is 6.10 Å². The Morgan fingerprint density at radius 2 is 0.845 bits per heavy atom. The second-order valence-electron chi connectivity index (χ2n) is 17.9. The van der Waals surface area contributed by atoms with E-state index in [2.05, 4.69) is 38.2 Å². The second kappa shape index (κ2) is 46.7. The molecule has 1 amide bonds. The summed E-state index contributed by atoms with van der Waals surface area (Å²) in [6.07, 6.45) is 51.3. The van der Waals surface area contributed by atoms with Crippen LogP contribution < -0.4 is 5.32 Å². The van der Waals surface area contributed by atoms with E-state index in [1.807, 2.05) is 0 Å². The second-order valence-corrected chi connectivity index (χ2v) is 17.9. The summed E-state index contributed by atoms with van der Waals surface area (Å²) in [7, 11) is 0. The highest BCUT2D eigenvalue weighted by Gasteiger charge is 2.24. The van der Waals surface area contributed by atoms with E-state index in [1.54, 1.807) is 0 Å². The van der Waals surface area contributed by atoms with Crippen LogP contribution in [0.4, 0.5) is 0 Å². The Kier molecular flexibility index (Phi) is 45.5. The van der Waals surface area contributed by atoms with Crippen molar-refractivity contribution in [3.63, 3.8) is 0 Å². The molecule has 0 saturated carbocycles. The van der Waals surface area contributed by atoms with Crippen molar-refractivity contribution in [1.29, 1.82) is 0 Å². The van der Waals surface area contributed by atoms with Gasteiger partial charge in [-0.3, -0.25) is 9.59 Å². The van der Waals surface area contributed by atoms with E-state index >= 15 is 0 Å². The average molecular weight is 820 g/mol. The van der Waals surface area contributed by atoms with Gasteiger partial charge >= 0.3 is 5.97 Å². The minimum atomic E-state index is -0.782. The topological polar surface area (TPSA) is 95.9 Å². The predicted molar refractivity (Wildman–Crippen MR) is 250 cm³/mol. The minimum Gasteiger partial charge on any atom is -0.462 e. The van der Waals surface area contributed by atoms with Gasteiger partial charge in [-0.1, -0.05) is 238 Å². The zero-order valence-electron chi connectivity index (χ0n) is 39.2. The normalized spacial score (nSPS) is 13.3. The van der Waals surface area contributed by atoms with Crippen molar-refractivity contribution >= 4 is 11.9 Å². The Morgan fingerprint density at radius 3 is 1.28 bits per heavy atom. The highest BCUT2D eigenvalue weighted by molar-refractivity contribution is 5.77. The summed E-state index contributed by atoms with van der Waals surface area (Å²) in [5, 5.41) is 23.8. The number of unbranched alkanes of at least 4 members (excludes halogenated alkanes) is 33. The number of hydrogen-bond acceptors (Lipinski definition) is 5. The Labute approximate surface area is 361 Å². The number of nitrogens with one attached hydrogen (secondary N) is 1. The molecule has 0 aliphatic carbocycles. The predicted octanol–water partition coefficient (Wildman–Crippen LogP) is 15.3. The molecule has 0 aliphatic heterocycles. The number of aliphatic hydroxyl groups is 2. The maximum absolute atomic E-state index is 13.2. The molecule has 0 bridgehead atoms. The summed E-state index contributed by atoms with van der Waals surface area (Å²) >= 11 is 0. The number of allylic oxidation sites excluding steroid dienone is 2. The summed E-state index contributed by atoms with van der Waals surface area (Å²) in [6.45, 7) is 6.47. The van der Waals surface area contributed by atoms with Crippen molar-refractivity contribution in [3.05, 3.63) is 12.2 Å². The van der Waals surface area contributed by atoms with Crippen LogP contribution in [0.15, 0.2) is 12.2 Å². The van der Waals surface area contributed by atoms with Crippen LogP contribution in [0, 0.1) is 0 Å². The number of amides is 1. The van der Waals surface area contributed by atoms with Gasteiger partial charge in [-0.05, 0) is 44.9 Å². The summed E-state index contributed by atoms with van der Waals surface area (Å²) < 4.78 is 5.92. The third-order valence-corrected chi connectivity index (χ3v) is 12.1. The van der Waals surface area contributed by atoms with Crippen molar-refractivity contribution in [3.8, 4) is 0 Å². The van der Waals surface area contributed by atoms with E-state index in [-0.39, 0.29) is 24.9 Å². The maximum Gasteiger partial charge on any atom is 0.306 e. The molecular weight excluding hydrogens is 719 g/mol. The van der Waals surface area contributed by atoms with Gasteiger partial charge in [-0.25, -0.2) is 0 Å². The molecule has 6 nitrogen and oxygen atoms in total. The van der Waals surface area contributed by atoms with Gasteiger partial charge in [-0.15, -0.1) is 0 Å². The van der Waals surface area contributed by atoms with E-state index in [0.29, 0.717) is 19.3 Å². The van der Waals surface area contributed by atoms with Gasteiger partial charge in [0, 0.05) is 6.42 Å². The van der Waals surface area contributed by atoms with Gasteiger partial charge in [0.25, 0.3) is 0 Å². The summed E-state index contributed by atoms with van der Waals surface area (Å²) in [5.74, 6) is -0.468. The summed E-state index contributed by atoms with van der Waals surface area (Å²) in [6, 6.07) is -0.696. The molecule has 0 saturated heterocycles. The SMILES string of the molecule is CCCC/C=C\CCCCCCCC(=O)OC(CCCCCCCCCCCCCCC)CC(=O)NC(CO)C(O)CCCCCCCCCCCCCCCCC. The average Bonchev–Trinajstić information content (AvgIpc) is 3.22. The Morgan fingerprint density at radius 1 is 0.483 bits per heavy atom. The first-order chi connectivity index (χ1) is 28.5. The first kappa shape index (κ1) is 56.6. The first-order valence-corrected chi connectivity index (χ1v) is 25.9. The van der Waals surface area contributed by atoms with Crippen LogP contribution >= 0.6 is 0 Å². The largest absolute Gasteiger partial charge is 0.462 e. The van der Waals surface area contributed by atoms with Gasteiger partial charge in [-0.2, -0.15) is 0 Å². The Hall–Kier alpha value is -1.40. The van der Waals surface area contributed by atoms with Crippen LogP contribution in [0.25, 0.3) is 0 Å². The van der Waals surface area contributed by atoms with Gasteiger partial charge in [0.2, 0.25) is 5.91 Å². The van der Waals surface area contributed by atoms with Crippen LogP contribution in [0.5, 0.6) is 0 Å². The van der Waals surface area contributed by atoms with Crippen molar-refractivity contribution in [2.45, 2.75) is 302 Å². The zero-order valence-corrected chi connectivity index (χ0v) is 39.2. The highest BCUT2D eigenvalue weighted by atomic mass is 16.5. The molecule has 0 spiro atoms. The van der Waals surface area contributed by atoms with Crippen LogP contribution in [-0.2, 0) is 14.3 Å². The summed E-state index contributed by atoms with van der Waals surface area (Å²) in [4.78, 5) is 26.1. The number of rotatable bonds is 47. The van der Waals surface area contributed by atoms with Crippen molar-refractivity contribution in [2.24, 2.45) is 0 Å². The third-order valence-electron chi connectivity index (χ3n) is 12.1. The van der Waals surface area contributed by atoms with Crippen molar-refractivity contribution in [1.82, 2.24) is 5.32 Å². The molecule has 0 aromatic rings. The lowest BCUT2D eigenvalue weighted by molar-refractivity contribution is -0.151. The fourth-order valence-corrected chi connectivity index (χ4v) is 8.12. The monoisotopic (exact) mass is 820 g/mol. The number of hydrogen-bond donors (Lipinski definition) is 3. The Balaban J connectivity index is 4.50. The van der Waals surface area contributed by atoms with E-state index < -0.39 is 18.2 Å². The fraction of sp³-hybridized carbons (Fsp3) is 0.923. The molecule has 0 aromatic heterocycles. The molecule has 3 N–H and O–H groups in total. The number of carbonyl (C=O) groups is 2. The van der Waals surface area contributed by atoms with Crippen molar-refractivity contribution < 1.29 is 24.5 Å². The van der Waals surface area contributed by atoms with Gasteiger partial charge in [0.15, 0.2) is 0 Å². The molecule has 0 fully saturated rings. The number of carbonyl (C=O) groups excluding carboxylic acids is 2. The number of ether oxygens (including phenoxy) is 1. The standard InChI is InChI=1S/C52H101NO5/c1-4-7-10-13-16-19-22-24-25-27-30-32-35-38-41-44-50(55)49(47-54)53-51(56)46-48(43-40-37-34-31-29-26-23-20-17-14-11-8-5-2)58-52(57)45-42-39-36-33-28-21-18-15-12-9-6-3/h15,18,48-50,54-55H,4-14,16-17,19-47H2,1-3H3,(H,53,56)/b18-15-. The lowest BCUT2D eigenvalue weighted by Gasteiger charge is -2.24. The molecule has 0 rings (SSSR count). The van der Waals surface area contributed by atoms with E-state index in [1.165, 1.54) is 186 Å². The Bertz CT molecular complexity index is 878. The lowest BCUT2D eigenvalue weighted by Crippen LogP contribution is -2.46. The third kappa shape index (κ3) is 41.3. The molecule has 58 heavy (non-hydrogen) atoms. The molecule has 3 atom stereocenters. The van der Waals surface area contributed by atoms with Gasteiger partial charge in [0.05, 0.1) is 25.2 Å². The zero-order chi connectivity index (χ0) is 42.4. The summed E-state index contributed by atoms with van der Waals surface area (Å²) in [5.41, 5.74) is 0. The molecule has 6 heteroatoms. The first-order valence-electron chi connectivity index (χ1n) is 25.9. The quantitative estimate of drug-likeness (QED) is 0.0323. The minimum absolute atomic E-state index is 0.0813. The van der Waals surface area contributed by atoms with Crippen LogP contribution in [0.2, 0.25) is 0 Å².